The topological polar surface area (TPSA) is 46.9 Å². The lowest BCUT2D eigenvalue weighted by molar-refractivity contribution is 0.0261. The Bertz CT molecular complexity index is 206. The van der Waals surface area contributed by atoms with E-state index >= 15 is 0 Å². The first-order valence-corrected chi connectivity index (χ1v) is 6.55. The van der Waals surface area contributed by atoms with E-state index in [1.165, 1.54) is 0 Å². The van der Waals surface area contributed by atoms with Crippen molar-refractivity contribution in [3.05, 3.63) is 12.3 Å². The number of hydrogen-bond donors (Lipinski definition) is 2. The summed E-state index contributed by atoms with van der Waals surface area (Å²) in [5.74, 6) is 0. The van der Waals surface area contributed by atoms with Crippen LogP contribution in [0.3, 0.4) is 0 Å². The van der Waals surface area contributed by atoms with Crippen molar-refractivity contribution in [2.75, 3.05) is 19.6 Å². The van der Waals surface area contributed by atoms with E-state index in [1.807, 2.05) is 22.1 Å². The summed E-state index contributed by atoms with van der Waals surface area (Å²) >= 11 is 0. The quantitative estimate of drug-likeness (QED) is 0.605. The molecule has 0 radical (unpaired) electrons. The molecule has 0 rings (SSSR count). The van der Waals surface area contributed by atoms with E-state index < -0.39 is 12.5 Å². The second-order valence-corrected chi connectivity index (χ2v) is 4.38. The zero-order valence-electron chi connectivity index (χ0n) is 11.6. The van der Waals surface area contributed by atoms with E-state index in [0.29, 0.717) is 6.54 Å². The van der Waals surface area contributed by atoms with Crippen molar-refractivity contribution in [3.63, 3.8) is 0 Å². The van der Waals surface area contributed by atoms with Crippen LogP contribution in [0.15, 0.2) is 12.3 Å². The molecule has 0 aliphatic heterocycles. The molecule has 0 aromatic carbocycles. The van der Waals surface area contributed by atoms with Gasteiger partial charge in [0.05, 0.1) is 0 Å². The van der Waals surface area contributed by atoms with Crippen LogP contribution in [-0.4, -0.2) is 52.1 Å². The smallest absolute Gasteiger partial charge is 0.123 e. The van der Waals surface area contributed by atoms with Gasteiger partial charge in [0.2, 0.25) is 0 Å². The maximum absolute atomic E-state index is 9.55. The molecule has 0 fully saturated rings. The van der Waals surface area contributed by atoms with Gasteiger partial charge in [0, 0.05) is 19.6 Å². The molecule has 0 spiro atoms. The largest absolute Gasteiger partial charge is 0.379 e. The second kappa shape index (κ2) is 9.45. The molecule has 0 bridgehead atoms. The lowest BCUT2D eigenvalue weighted by Gasteiger charge is -2.25. The first kappa shape index (κ1) is 16.4. The van der Waals surface area contributed by atoms with Gasteiger partial charge in [0.25, 0.3) is 0 Å². The Morgan fingerprint density at radius 1 is 1.00 bits per heavy atom. The summed E-state index contributed by atoms with van der Waals surface area (Å²) in [5.41, 5.74) is 0. The monoisotopic (exact) mass is 244 g/mol. The number of hydrogen-bond acceptors (Lipinski definition) is 4. The third kappa shape index (κ3) is 7.36. The first-order valence-electron chi connectivity index (χ1n) is 6.55. The van der Waals surface area contributed by atoms with Crippen LogP contribution in [-0.2, 0) is 0 Å². The van der Waals surface area contributed by atoms with E-state index in [2.05, 4.69) is 13.8 Å². The predicted molar refractivity (Wildman–Crippen MR) is 71.4 cm³/mol. The molecule has 17 heavy (non-hydrogen) atoms. The van der Waals surface area contributed by atoms with Crippen molar-refractivity contribution < 1.29 is 10.2 Å². The van der Waals surface area contributed by atoms with Crippen molar-refractivity contribution in [1.29, 1.82) is 0 Å². The molecule has 0 aliphatic carbocycles. The summed E-state index contributed by atoms with van der Waals surface area (Å²) in [4.78, 5) is 3.88. The summed E-state index contributed by atoms with van der Waals surface area (Å²) in [7, 11) is 0. The number of aliphatic hydroxyl groups is 2. The van der Waals surface area contributed by atoms with Gasteiger partial charge in [-0.25, -0.2) is 0 Å². The molecule has 0 aliphatic rings. The van der Waals surface area contributed by atoms with E-state index in [4.69, 9.17) is 0 Å². The molecule has 0 saturated heterocycles. The average Bonchev–Trinajstić information content (AvgIpc) is 2.26. The zero-order valence-corrected chi connectivity index (χ0v) is 11.6. The molecular weight excluding hydrogens is 216 g/mol. The second-order valence-electron chi connectivity index (χ2n) is 4.38. The van der Waals surface area contributed by atoms with Gasteiger partial charge < -0.3 is 15.1 Å². The van der Waals surface area contributed by atoms with Crippen molar-refractivity contribution >= 4 is 0 Å². The van der Waals surface area contributed by atoms with Gasteiger partial charge in [-0.2, -0.15) is 0 Å². The van der Waals surface area contributed by atoms with E-state index in [0.717, 1.165) is 25.9 Å². The molecule has 2 unspecified atom stereocenters. The van der Waals surface area contributed by atoms with Crippen molar-refractivity contribution in [2.24, 2.45) is 0 Å². The molecule has 4 nitrogen and oxygen atoms in total. The molecule has 0 aromatic heterocycles. The average molecular weight is 244 g/mol. The molecule has 4 heteroatoms. The Labute approximate surface area is 106 Å². The standard InChI is InChI=1S/C13H28N2O2/c1-5-8-14(12(3)16)10-7-11-15(9-6-2)13(4)17/h7,10,12-13,16-17H,5-6,8-9,11H2,1-4H3. The lowest BCUT2D eigenvalue weighted by atomic mass is 10.3. The molecule has 0 aromatic rings. The van der Waals surface area contributed by atoms with E-state index in [1.54, 1.807) is 13.8 Å². The number of rotatable bonds is 9. The fraction of sp³-hybridized carbons (Fsp3) is 0.846. The highest BCUT2D eigenvalue weighted by Gasteiger charge is 2.08. The van der Waals surface area contributed by atoms with Crippen molar-refractivity contribution in [2.45, 2.75) is 53.0 Å². The summed E-state index contributed by atoms with van der Waals surface area (Å²) < 4.78 is 0. The maximum Gasteiger partial charge on any atom is 0.123 e. The number of nitrogens with zero attached hydrogens (tertiary/aromatic N) is 2. The maximum atomic E-state index is 9.55. The highest BCUT2D eigenvalue weighted by molar-refractivity contribution is 4.86. The fourth-order valence-corrected chi connectivity index (χ4v) is 1.68. The molecule has 0 saturated carbocycles. The van der Waals surface area contributed by atoms with E-state index in [-0.39, 0.29) is 0 Å². The predicted octanol–water partition coefficient (Wildman–Crippen LogP) is 1.60. The van der Waals surface area contributed by atoms with Crippen LogP contribution in [0, 0.1) is 0 Å². The summed E-state index contributed by atoms with van der Waals surface area (Å²) in [5, 5.41) is 19.1. The molecule has 2 N–H and O–H groups in total. The minimum atomic E-state index is -0.461. The summed E-state index contributed by atoms with van der Waals surface area (Å²) in [6, 6.07) is 0. The first-order chi connectivity index (χ1) is 8.02. The van der Waals surface area contributed by atoms with Crippen LogP contribution < -0.4 is 0 Å². The Morgan fingerprint density at radius 3 is 2.00 bits per heavy atom. The minimum Gasteiger partial charge on any atom is -0.379 e. The van der Waals surface area contributed by atoms with Crippen LogP contribution in [0.2, 0.25) is 0 Å². The van der Waals surface area contributed by atoms with E-state index in [9.17, 15) is 10.2 Å². The SMILES string of the molecule is CCCN(C=CCN(CCC)C(C)O)C(C)O. The van der Waals surface area contributed by atoms with Crippen molar-refractivity contribution in [3.8, 4) is 0 Å². The van der Waals surface area contributed by atoms with Crippen LogP contribution in [0.1, 0.15) is 40.5 Å². The van der Waals surface area contributed by atoms with Crippen molar-refractivity contribution in [1.82, 2.24) is 9.80 Å². The highest BCUT2D eigenvalue weighted by Crippen LogP contribution is 2.01. The molecule has 0 heterocycles. The zero-order chi connectivity index (χ0) is 13.3. The summed E-state index contributed by atoms with van der Waals surface area (Å²) in [6.07, 6.45) is 5.05. The highest BCUT2D eigenvalue weighted by atomic mass is 16.3. The molecule has 102 valence electrons. The molecule has 2 atom stereocenters. The minimum absolute atomic E-state index is 0.425. The van der Waals surface area contributed by atoms with Gasteiger partial charge in [-0.3, -0.25) is 4.90 Å². The van der Waals surface area contributed by atoms with Gasteiger partial charge in [0.15, 0.2) is 0 Å². The van der Waals surface area contributed by atoms with Crippen LogP contribution >= 0.6 is 0 Å². The summed E-state index contributed by atoms with van der Waals surface area (Å²) in [6.45, 7) is 10.2. The Morgan fingerprint density at radius 2 is 1.59 bits per heavy atom. The number of aliphatic hydroxyl groups excluding tert-OH is 2. The lowest BCUT2D eigenvalue weighted by Crippen LogP contribution is -2.34. The molecule has 0 amide bonds. The molecular formula is C13H28N2O2. The van der Waals surface area contributed by atoms with Crippen LogP contribution in [0.5, 0.6) is 0 Å². The third-order valence-corrected chi connectivity index (χ3v) is 2.64. The normalized spacial score (nSPS) is 15.5. The van der Waals surface area contributed by atoms with Gasteiger partial charge in [0.1, 0.15) is 12.5 Å². The third-order valence-electron chi connectivity index (χ3n) is 2.64. The van der Waals surface area contributed by atoms with Gasteiger partial charge in [-0.15, -0.1) is 0 Å². The van der Waals surface area contributed by atoms with Crippen LogP contribution in [0.25, 0.3) is 0 Å². The fourth-order valence-electron chi connectivity index (χ4n) is 1.68. The van der Waals surface area contributed by atoms with Gasteiger partial charge >= 0.3 is 0 Å². The van der Waals surface area contributed by atoms with Crippen LogP contribution in [0.4, 0.5) is 0 Å². The Kier molecular flexibility index (Phi) is 9.13. The Balaban J connectivity index is 4.19. The van der Waals surface area contributed by atoms with Gasteiger partial charge in [-0.05, 0) is 32.9 Å². The Hall–Kier alpha value is -0.580. The van der Waals surface area contributed by atoms with Gasteiger partial charge in [-0.1, -0.05) is 19.9 Å².